The van der Waals surface area contributed by atoms with Gasteiger partial charge >= 0.3 is 5.97 Å². The summed E-state index contributed by atoms with van der Waals surface area (Å²) in [4.78, 5) is 10.8. The summed E-state index contributed by atoms with van der Waals surface area (Å²) in [7, 11) is 0. The van der Waals surface area contributed by atoms with Gasteiger partial charge in [-0.05, 0) is 25.8 Å². The largest absolute Gasteiger partial charge is 0.475 e. The average molecular weight is 238 g/mol. The van der Waals surface area contributed by atoms with Crippen molar-refractivity contribution in [2.45, 2.75) is 32.7 Å². The number of carboxylic acid groups (broad SMARTS) is 1. The number of hydrazine groups is 1. The van der Waals surface area contributed by atoms with Gasteiger partial charge in [0.15, 0.2) is 0 Å². The molecule has 2 heterocycles. The molecule has 0 saturated carbocycles. The molecular weight excluding hydrogens is 220 g/mol. The van der Waals surface area contributed by atoms with Gasteiger partial charge in [0, 0.05) is 18.7 Å². The van der Waals surface area contributed by atoms with E-state index in [2.05, 4.69) is 10.4 Å². The van der Waals surface area contributed by atoms with E-state index in [1.165, 1.54) is 19.3 Å². The van der Waals surface area contributed by atoms with Crippen molar-refractivity contribution < 1.29 is 14.3 Å². The molecule has 1 saturated heterocycles. The molecule has 0 aliphatic carbocycles. The third kappa shape index (κ3) is 3.08. The van der Waals surface area contributed by atoms with E-state index in [-0.39, 0.29) is 5.76 Å². The van der Waals surface area contributed by atoms with Crippen LogP contribution in [0.3, 0.4) is 0 Å². The Morgan fingerprint density at radius 1 is 1.47 bits per heavy atom. The van der Waals surface area contributed by atoms with E-state index < -0.39 is 5.97 Å². The monoisotopic (exact) mass is 238 g/mol. The molecule has 1 aliphatic heterocycles. The Kier molecular flexibility index (Phi) is 3.81. The fraction of sp³-hybridized carbons (Fsp3) is 0.583. The van der Waals surface area contributed by atoms with E-state index in [0.29, 0.717) is 17.9 Å². The van der Waals surface area contributed by atoms with Gasteiger partial charge in [-0.2, -0.15) is 0 Å². The Bertz CT molecular complexity index is 394. The molecule has 0 aromatic carbocycles. The van der Waals surface area contributed by atoms with Crippen molar-refractivity contribution in [1.29, 1.82) is 0 Å². The minimum Gasteiger partial charge on any atom is -0.475 e. The minimum atomic E-state index is -1.01. The van der Waals surface area contributed by atoms with Gasteiger partial charge in [-0.1, -0.05) is 6.42 Å². The third-order valence-corrected chi connectivity index (χ3v) is 3.00. The highest BCUT2D eigenvalue weighted by Crippen LogP contribution is 2.15. The van der Waals surface area contributed by atoms with Crippen LogP contribution in [0.25, 0.3) is 0 Å². The molecule has 2 N–H and O–H groups in total. The zero-order valence-corrected chi connectivity index (χ0v) is 10.0. The van der Waals surface area contributed by atoms with Crippen LogP contribution in [0.4, 0.5) is 0 Å². The van der Waals surface area contributed by atoms with Crippen LogP contribution in [-0.4, -0.2) is 29.2 Å². The summed E-state index contributed by atoms with van der Waals surface area (Å²) in [5, 5.41) is 11.0. The SMILES string of the molecule is Cc1cc(CNN2CCCCC2)oc1C(=O)O. The fourth-order valence-corrected chi connectivity index (χ4v) is 2.09. The molecule has 17 heavy (non-hydrogen) atoms. The number of carboxylic acids is 1. The number of aromatic carboxylic acids is 1. The lowest BCUT2D eigenvalue weighted by molar-refractivity contribution is 0.0657. The van der Waals surface area contributed by atoms with Crippen LogP contribution in [-0.2, 0) is 6.54 Å². The van der Waals surface area contributed by atoms with Gasteiger partial charge in [0.25, 0.3) is 0 Å². The van der Waals surface area contributed by atoms with Crippen molar-refractivity contribution in [3.05, 3.63) is 23.2 Å². The molecule has 0 bridgehead atoms. The van der Waals surface area contributed by atoms with E-state index in [1.807, 2.05) is 0 Å². The standard InChI is InChI=1S/C12H18N2O3/c1-9-7-10(17-11(9)12(15)16)8-13-14-5-3-2-4-6-14/h7,13H,2-6,8H2,1H3,(H,15,16). The number of nitrogens with one attached hydrogen (secondary N) is 1. The average Bonchev–Trinajstić information content (AvgIpc) is 2.69. The normalized spacial score (nSPS) is 17.2. The first-order chi connectivity index (χ1) is 8.16. The van der Waals surface area contributed by atoms with Gasteiger partial charge in [-0.15, -0.1) is 0 Å². The number of carbonyl (C=O) groups is 1. The molecule has 1 aromatic heterocycles. The Morgan fingerprint density at radius 3 is 2.76 bits per heavy atom. The van der Waals surface area contributed by atoms with Crippen LogP contribution in [0.2, 0.25) is 0 Å². The van der Waals surface area contributed by atoms with Crippen molar-refractivity contribution in [2.24, 2.45) is 0 Å². The van der Waals surface area contributed by atoms with Crippen molar-refractivity contribution in [3.63, 3.8) is 0 Å². The van der Waals surface area contributed by atoms with E-state index in [4.69, 9.17) is 9.52 Å². The van der Waals surface area contributed by atoms with Gasteiger partial charge in [0.1, 0.15) is 5.76 Å². The van der Waals surface area contributed by atoms with Crippen molar-refractivity contribution in [2.75, 3.05) is 13.1 Å². The lowest BCUT2D eigenvalue weighted by Gasteiger charge is -2.26. The maximum atomic E-state index is 10.8. The summed E-state index contributed by atoms with van der Waals surface area (Å²) in [6.07, 6.45) is 3.72. The summed E-state index contributed by atoms with van der Waals surface area (Å²) in [5.41, 5.74) is 3.94. The van der Waals surface area contributed by atoms with Crippen molar-refractivity contribution in [3.8, 4) is 0 Å². The summed E-state index contributed by atoms with van der Waals surface area (Å²) < 4.78 is 5.28. The molecule has 0 atom stereocenters. The predicted molar refractivity (Wildman–Crippen MR) is 62.7 cm³/mol. The first kappa shape index (κ1) is 12.1. The Labute approximate surface area is 100 Å². The molecule has 1 fully saturated rings. The number of hydrogen-bond donors (Lipinski definition) is 2. The number of piperidine rings is 1. The lowest BCUT2D eigenvalue weighted by atomic mass is 10.2. The number of nitrogens with zero attached hydrogens (tertiary/aromatic N) is 1. The molecule has 5 nitrogen and oxygen atoms in total. The predicted octanol–water partition coefficient (Wildman–Crippen LogP) is 1.78. The Morgan fingerprint density at radius 2 is 2.18 bits per heavy atom. The van der Waals surface area contributed by atoms with Gasteiger partial charge < -0.3 is 9.52 Å². The van der Waals surface area contributed by atoms with Gasteiger partial charge in [0.2, 0.25) is 5.76 Å². The van der Waals surface area contributed by atoms with Crippen LogP contribution in [0.1, 0.15) is 41.1 Å². The molecule has 0 unspecified atom stereocenters. The van der Waals surface area contributed by atoms with Crippen LogP contribution < -0.4 is 5.43 Å². The molecule has 1 aromatic rings. The topological polar surface area (TPSA) is 65.7 Å². The maximum absolute atomic E-state index is 10.8. The first-order valence-corrected chi connectivity index (χ1v) is 5.98. The second kappa shape index (κ2) is 5.33. The molecule has 2 rings (SSSR count). The van der Waals surface area contributed by atoms with Gasteiger partial charge in [-0.3, -0.25) is 0 Å². The molecule has 0 spiro atoms. The molecule has 94 valence electrons. The summed E-state index contributed by atoms with van der Waals surface area (Å²) in [6, 6.07) is 1.78. The number of aryl methyl sites for hydroxylation is 1. The summed E-state index contributed by atoms with van der Waals surface area (Å²) >= 11 is 0. The zero-order valence-electron chi connectivity index (χ0n) is 10.0. The van der Waals surface area contributed by atoms with E-state index in [9.17, 15) is 4.79 Å². The van der Waals surface area contributed by atoms with Crippen LogP contribution >= 0.6 is 0 Å². The van der Waals surface area contributed by atoms with Crippen LogP contribution in [0, 0.1) is 6.92 Å². The number of hydrogen-bond acceptors (Lipinski definition) is 4. The van der Waals surface area contributed by atoms with Crippen molar-refractivity contribution >= 4 is 5.97 Å². The quantitative estimate of drug-likeness (QED) is 0.837. The van der Waals surface area contributed by atoms with Gasteiger partial charge in [-0.25, -0.2) is 15.2 Å². The minimum absolute atomic E-state index is 0.0421. The van der Waals surface area contributed by atoms with Crippen LogP contribution in [0.15, 0.2) is 10.5 Å². The fourth-order valence-electron chi connectivity index (χ4n) is 2.09. The molecule has 1 aliphatic rings. The second-order valence-corrected chi connectivity index (χ2v) is 4.41. The Hall–Kier alpha value is -1.33. The molecule has 5 heteroatoms. The van der Waals surface area contributed by atoms with E-state index in [0.717, 1.165) is 13.1 Å². The lowest BCUT2D eigenvalue weighted by Crippen LogP contribution is -2.41. The first-order valence-electron chi connectivity index (χ1n) is 5.98. The zero-order chi connectivity index (χ0) is 12.3. The van der Waals surface area contributed by atoms with Gasteiger partial charge in [0.05, 0.1) is 6.54 Å². The van der Waals surface area contributed by atoms with Crippen LogP contribution in [0.5, 0.6) is 0 Å². The molecular formula is C12H18N2O3. The summed E-state index contributed by atoms with van der Waals surface area (Å²) in [6.45, 7) is 4.39. The molecule has 0 radical (unpaired) electrons. The highest BCUT2D eigenvalue weighted by Gasteiger charge is 2.15. The smallest absolute Gasteiger partial charge is 0.372 e. The highest BCUT2D eigenvalue weighted by atomic mass is 16.4. The van der Waals surface area contributed by atoms with Crippen molar-refractivity contribution in [1.82, 2.24) is 10.4 Å². The summed E-state index contributed by atoms with van der Waals surface area (Å²) in [5.74, 6) is -0.294. The second-order valence-electron chi connectivity index (χ2n) is 4.41. The Balaban J connectivity index is 1.90. The maximum Gasteiger partial charge on any atom is 0.372 e. The van der Waals surface area contributed by atoms with E-state index >= 15 is 0 Å². The van der Waals surface area contributed by atoms with E-state index in [1.54, 1.807) is 13.0 Å². The molecule has 0 amide bonds. The number of rotatable bonds is 4. The highest BCUT2D eigenvalue weighted by molar-refractivity contribution is 5.86. The third-order valence-electron chi connectivity index (χ3n) is 3.00. The number of furan rings is 1.